The number of hydrogen-bond donors (Lipinski definition) is 2. The lowest BCUT2D eigenvalue weighted by Gasteiger charge is -2.32. The van der Waals surface area contributed by atoms with Crippen molar-refractivity contribution >= 4 is 11.4 Å². The zero-order valence-corrected chi connectivity index (χ0v) is 11.3. The second kappa shape index (κ2) is 5.17. The number of anilines is 2. The van der Waals surface area contributed by atoms with Crippen LogP contribution in [0.2, 0.25) is 0 Å². The van der Waals surface area contributed by atoms with E-state index in [-0.39, 0.29) is 16.9 Å². The van der Waals surface area contributed by atoms with Crippen molar-refractivity contribution in [2.45, 2.75) is 39.5 Å². The summed E-state index contributed by atoms with van der Waals surface area (Å²) in [5, 5.41) is 3.31. The standard InChI is InChI=1S/C15H23FN2/c1-15(2,11-6-3-4-7-11)10-18-13-9-5-8-12(16)14(13)17/h5,8-9,11,18H,3-4,6-7,10,17H2,1-2H3. The molecule has 18 heavy (non-hydrogen) atoms. The number of para-hydroxylation sites is 1. The topological polar surface area (TPSA) is 38.0 Å². The quantitative estimate of drug-likeness (QED) is 0.792. The lowest BCUT2D eigenvalue weighted by Crippen LogP contribution is -2.30. The molecule has 1 aromatic rings. The number of hydrogen-bond acceptors (Lipinski definition) is 2. The van der Waals surface area contributed by atoms with Crippen LogP contribution in [-0.4, -0.2) is 6.54 Å². The van der Waals surface area contributed by atoms with E-state index in [0.717, 1.165) is 12.5 Å². The molecular weight excluding hydrogens is 227 g/mol. The van der Waals surface area contributed by atoms with Crippen LogP contribution in [0.3, 0.4) is 0 Å². The Balaban J connectivity index is 2.00. The number of nitrogens with one attached hydrogen (secondary N) is 1. The third-order valence-electron chi connectivity index (χ3n) is 4.25. The lowest BCUT2D eigenvalue weighted by molar-refractivity contribution is 0.234. The number of rotatable bonds is 4. The minimum Gasteiger partial charge on any atom is -0.395 e. The van der Waals surface area contributed by atoms with Crippen LogP contribution in [0.1, 0.15) is 39.5 Å². The summed E-state index contributed by atoms with van der Waals surface area (Å²) in [6.07, 6.45) is 5.31. The third kappa shape index (κ3) is 2.77. The Kier molecular flexibility index (Phi) is 3.79. The maximum absolute atomic E-state index is 13.3. The molecule has 0 saturated heterocycles. The highest BCUT2D eigenvalue weighted by Crippen LogP contribution is 2.39. The Bertz CT molecular complexity index is 409. The maximum atomic E-state index is 13.3. The Morgan fingerprint density at radius 2 is 2.00 bits per heavy atom. The fourth-order valence-corrected chi connectivity index (χ4v) is 2.87. The highest BCUT2D eigenvalue weighted by molar-refractivity contribution is 5.66. The molecule has 0 radical (unpaired) electrons. The van der Waals surface area contributed by atoms with E-state index in [2.05, 4.69) is 19.2 Å². The van der Waals surface area contributed by atoms with E-state index in [4.69, 9.17) is 5.73 Å². The molecule has 3 heteroatoms. The highest BCUT2D eigenvalue weighted by atomic mass is 19.1. The molecule has 0 spiro atoms. The summed E-state index contributed by atoms with van der Waals surface area (Å²) in [6.45, 7) is 5.41. The van der Waals surface area contributed by atoms with Crippen molar-refractivity contribution in [3.63, 3.8) is 0 Å². The van der Waals surface area contributed by atoms with E-state index in [1.54, 1.807) is 6.07 Å². The van der Waals surface area contributed by atoms with Crippen LogP contribution in [0, 0.1) is 17.2 Å². The summed E-state index contributed by atoms with van der Waals surface area (Å²) >= 11 is 0. The Morgan fingerprint density at radius 3 is 2.67 bits per heavy atom. The summed E-state index contributed by atoms with van der Waals surface area (Å²) in [4.78, 5) is 0. The van der Waals surface area contributed by atoms with Crippen LogP contribution in [-0.2, 0) is 0 Å². The monoisotopic (exact) mass is 250 g/mol. The van der Waals surface area contributed by atoms with Crippen molar-refractivity contribution in [2.24, 2.45) is 11.3 Å². The predicted octanol–water partition coefficient (Wildman–Crippen LogP) is 4.04. The molecule has 0 atom stereocenters. The molecule has 0 heterocycles. The van der Waals surface area contributed by atoms with Gasteiger partial charge in [0.25, 0.3) is 0 Å². The molecule has 100 valence electrons. The molecule has 0 bridgehead atoms. The van der Waals surface area contributed by atoms with Gasteiger partial charge in [-0.1, -0.05) is 32.8 Å². The zero-order chi connectivity index (χ0) is 13.2. The fraction of sp³-hybridized carbons (Fsp3) is 0.600. The maximum Gasteiger partial charge on any atom is 0.148 e. The first-order valence-corrected chi connectivity index (χ1v) is 6.78. The molecule has 1 aromatic carbocycles. The zero-order valence-electron chi connectivity index (χ0n) is 11.3. The van der Waals surface area contributed by atoms with Gasteiger partial charge >= 0.3 is 0 Å². The van der Waals surface area contributed by atoms with Gasteiger partial charge in [0, 0.05) is 6.54 Å². The highest BCUT2D eigenvalue weighted by Gasteiger charge is 2.31. The van der Waals surface area contributed by atoms with Gasteiger partial charge in [0.2, 0.25) is 0 Å². The molecule has 1 saturated carbocycles. The average molecular weight is 250 g/mol. The smallest absolute Gasteiger partial charge is 0.148 e. The van der Waals surface area contributed by atoms with Gasteiger partial charge in [-0.25, -0.2) is 4.39 Å². The van der Waals surface area contributed by atoms with E-state index in [1.807, 2.05) is 6.07 Å². The van der Waals surface area contributed by atoms with Crippen LogP contribution in [0.15, 0.2) is 18.2 Å². The van der Waals surface area contributed by atoms with Crippen LogP contribution in [0.4, 0.5) is 15.8 Å². The summed E-state index contributed by atoms with van der Waals surface area (Å²) in [5.74, 6) is 0.415. The summed E-state index contributed by atoms with van der Waals surface area (Å²) in [5.41, 5.74) is 6.89. The first kappa shape index (κ1) is 13.2. The number of nitrogens with two attached hydrogens (primary N) is 1. The first-order valence-electron chi connectivity index (χ1n) is 6.78. The number of halogens is 1. The fourth-order valence-electron chi connectivity index (χ4n) is 2.87. The Hall–Kier alpha value is -1.25. The van der Waals surface area contributed by atoms with Crippen molar-refractivity contribution in [1.82, 2.24) is 0 Å². The van der Waals surface area contributed by atoms with Crippen LogP contribution in [0.25, 0.3) is 0 Å². The molecule has 1 fully saturated rings. The average Bonchev–Trinajstić information content (AvgIpc) is 2.85. The van der Waals surface area contributed by atoms with Gasteiger partial charge < -0.3 is 11.1 Å². The van der Waals surface area contributed by atoms with Crippen molar-refractivity contribution < 1.29 is 4.39 Å². The van der Waals surface area contributed by atoms with E-state index in [1.165, 1.54) is 31.7 Å². The second-order valence-corrected chi connectivity index (χ2v) is 6.02. The minimum atomic E-state index is -0.348. The van der Waals surface area contributed by atoms with E-state index in [0.29, 0.717) is 5.69 Å². The second-order valence-electron chi connectivity index (χ2n) is 6.02. The molecule has 0 amide bonds. The predicted molar refractivity (Wildman–Crippen MR) is 75.0 cm³/mol. The summed E-state index contributed by atoms with van der Waals surface area (Å²) in [7, 11) is 0. The SMILES string of the molecule is CC(C)(CNc1cccc(F)c1N)C1CCCC1. The van der Waals surface area contributed by atoms with Gasteiger partial charge in [0.15, 0.2) is 0 Å². The Labute approximate surface area is 109 Å². The molecule has 1 aliphatic rings. The molecule has 3 N–H and O–H groups in total. The van der Waals surface area contributed by atoms with Gasteiger partial charge in [0.1, 0.15) is 5.82 Å². The van der Waals surface area contributed by atoms with E-state index < -0.39 is 0 Å². The number of benzene rings is 1. The van der Waals surface area contributed by atoms with Gasteiger partial charge in [-0.3, -0.25) is 0 Å². The third-order valence-corrected chi connectivity index (χ3v) is 4.25. The summed E-state index contributed by atoms with van der Waals surface area (Å²) < 4.78 is 13.3. The Morgan fingerprint density at radius 1 is 1.33 bits per heavy atom. The summed E-state index contributed by atoms with van der Waals surface area (Å²) in [6, 6.07) is 4.92. The van der Waals surface area contributed by atoms with Crippen LogP contribution in [0.5, 0.6) is 0 Å². The number of nitrogen functional groups attached to an aromatic ring is 1. The van der Waals surface area contributed by atoms with Gasteiger partial charge in [-0.05, 0) is 36.3 Å². The minimum absolute atomic E-state index is 0.222. The molecule has 0 aliphatic heterocycles. The van der Waals surface area contributed by atoms with Crippen molar-refractivity contribution in [3.05, 3.63) is 24.0 Å². The largest absolute Gasteiger partial charge is 0.395 e. The van der Waals surface area contributed by atoms with Gasteiger partial charge in [0.05, 0.1) is 11.4 Å². The van der Waals surface area contributed by atoms with Crippen molar-refractivity contribution in [3.8, 4) is 0 Å². The first-order chi connectivity index (χ1) is 8.50. The van der Waals surface area contributed by atoms with Crippen molar-refractivity contribution in [1.29, 1.82) is 0 Å². The molecule has 2 nitrogen and oxygen atoms in total. The van der Waals surface area contributed by atoms with E-state index >= 15 is 0 Å². The normalized spacial score (nSPS) is 17.1. The van der Waals surface area contributed by atoms with E-state index in [9.17, 15) is 4.39 Å². The van der Waals surface area contributed by atoms with Gasteiger partial charge in [-0.2, -0.15) is 0 Å². The molecule has 1 aliphatic carbocycles. The molecule has 0 unspecified atom stereocenters. The van der Waals surface area contributed by atoms with Crippen LogP contribution < -0.4 is 11.1 Å². The lowest BCUT2D eigenvalue weighted by atomic mass is 9.77. The van der Waals surface area contributed by atoms with Gasteiger partial charge in [-0.15, -0.1) is 0 Å². The molecule has 2 rings (SSSR count). The van der Waals surface area contributed by atoms with Crippen LogP contribution >= 0.6 is 0 Å². The molecular formula is C15H23FN2. The molecule has 0 aromatic heterocycles. The van der Waals surface area contributed by atoms with Crippen molar-refractivity contribution in [2.75, 3.05) is 17.6 Å².